The molecule has 0 aliphatic heterocycles. The smallest absolute Gasteiger partial charge is 0.466 e. The molecule has 0 bridgehead atoms. The molecule has 0 saturated carbocycles. The van der Waals surface area contributed by atoms with Crippen molar-refractivity contribution in [2.45, 2.75) is 186 Å². The molecule has 0 aromatic rings. The van der Waals surface area contributed by atoms with Crippen molar-refractivity contribution in [2.75, 3.05) is 53.1 Å². The fourth-order valence-corrected chi connectivity index (χ4v) is 5.86. The van der Waals surface area contributed by atoms with Gasteiger partial charge in [-0.2, -0.15) is 35.1 Å². The second-order valence-corrected chi connectivity index (χ2v) is 16.8. The first-order valence-corrected chi connectivity index (χ1v) is 25.5. The van der Waals surface area contributed by atoms with E-state index in [-0.39, 0.29) is 51.0 Å². The fourth-order valence-electron chi connectivity index (χ4n) is 5.86. The third-order valence-corrected chi connectivity index (χ3v) is 9.71. The maximum absolute atomic E-state index is 13.6. The van der Waals surface area contributed by atoms with Crippen LogP contribution in [0.25, 0.3) is 0 Å². The molecular weight excluding hydrogens is 1110 g/mol. The molecule has 80 heavy (non-hydrogen) atoms. The molecule has 0 atom stereocenters. The van der Waals surface area contributed by atoms with E-state index in [1.807, 2.05) is 0 Å². The highest BCUT2D eigenvalue weighted by molar-refractivity contribution is 5.81. The molecule has 0 aliphatic carbocycles. The predicted molar refractivity (Wildman–Crippen MR) is 256 cm³/mol. The molecule has 21 nitrogen and oxygen atoms in total. The number of halogens is 10. The standard InChI is InChI=1S/C28H38F10O11.C21H36N2O8/c1-3-20(39)45-19-46-23(42)16-12-9-13-17-43-21(40)14-10-7-5-4-6-8-11-15-22(41)44-18-25(31,32)48-28(37,38)49-27(35,36)26(33,34)47-24(2,29)30;1-3-18(24)30-17-31-19(25)13-9-8-12-16-29-21(27)23-15-11-7-5-6-10-14-22-20(26)28-4-2/h3H,1,4-19H2,2H3;3H,1,4-17H2,2H3,(H,22,26)(H,23,27). The Morgan fingerprint density at radius 2 is 0.762 bits per heavy atom. The molecule has 0 rings (SSSR count). The average Bonchev–Trinajstić information content (AvgIpc) is 3.35. The topological polar surface area (TPSA) is 262 Å². The van der Waals surface area contributed by atoms with Crippen molar-refractivity contribution in [2.24, 2.45) is 0 Å². The fraction of sp³-hybridized carbons (Fsp3) is 0.755. The van der Waals surface area contributed by atoms with Crippen molar-refractivity contribution in [3.05, 3.63) is 25.3 Å². The molecule has 0 heterocycles. The van der Waals surface area contributed by atoms with Crippen LogP contribution in [0.2, 0.25) is 0 Å². The van der Waals surface area contributed by atoms with Gasteiger partial charge in [-0.25, -0.2) is 33.4 Å². The second kappa shape index (κ2) is 43.8. The molecule has 2 amide bonds. The summed E-state index contributed by atoms with van der Waals surface area (Å²) in [5, 5.41) is 5.38. The van der Waals surface area contributed by atoms with Gasteiger partial charge < -0.3 is 48.5 Å². The summed E-state index contributed by atoms with van der Waals surface area (Å²) < 4.78 is 176. The quantitative estimate of drug-likeness (QED) is 0.0143. The maximum Gasteiger partial charge on any atom is 0.495 e. The zero-order valence-electron chi connectivity index (χ0n) is 44.8. The first-order chi connectivity index (χ1) is 37.5. The third-order valence-electron chi connectivity index (χ3n) is 9.71. The SMILES string of the molecule is C=CC(=O)OCOC(=O)CCCCCOC(=O)CCCCCCCCCC(=O)OCC(F)(F)OC(F)(F)OC(F)(F)C(F)(F)OC(C)(F)F.C=CC(=O)OCOC(=O)CCCCCOC(=O)NCCCCCCCNC(=O)OCC. The number of nitrogens with one attached hydrogen (secondary N) is 2. The van der Waals surface area contributed by atoms with E-state index in [1.54, 1.807) is 6.92 Å². The van der Waals surface area contributed by atoms with Gasteiger partial charge in [0.1, 0.15) is 0 Å². The van der Waals surface area contributed by atoms with E-state index < -0.39 is 100 Å². The summed E-state index contributed by atoms with van der Waals surface area (Å²) in [6.07, 6.45) is -16.0. The van der Waals surface area contributed by atoms with Gasteiger partial charge in [0.25, 0.3) is 0 Å². The van der Waals surface area contributed by atoms with Crippen LogP contribution in [-0.2, 0) is 80.9 Å². The zero-order valence-corrected chi connectivity index (χ0v) is 44.8. The van der Waals surface area contributed by atoms with Crippen LogP contribution < -0.4 is 10.6 Å². The molecule has 0 saturated heterocycles. The number of ether oxygens (including phenoxy) is 11. The van der Waals surface area contributed by atoms with E-state index in [1.165, 1.54) is 0 Å². The van der Waals surface area contributed by atoms with E-state index >= 15 is 0 Å². The molecule has 464 valence electrons. The highest BCUT2D eigenvalue weighted by atomic mass is 19.3. The van der Waals surface area contributed by atoms with Crippen LogP contribution >= 0.6 is 0 Å². The number of alkyl carbamates (subject to hydrolysis) is 2. The minimum atomic E-state index is -6.56. The third kappa shape index (κ3) is 46.9. The Hall–Kier alpha value is -5.98. The van der Waals surface area contributed by atoms with Gasteiger partial charge >= 0.3 is 78.7 Å². The van der Waals surface area contributed by atoms with Gasteiger partial charge in [0.05, 0.1) is 19.8 Å². The summed E-state index contributed by atoms with van der Waals surface area (Å²) in [6.45, 7) is 6.58. The maximum atomic E-state index is 13.6. The lowest BCUT2D eigenvalue weighted by atomic mass is 10.1. The van der Waals surface area contributed by atoms with Gasteiger partial charge in [-0.3, -0.25) is 19.2 Å². The second-order valence-electron chi connectivity index (χ2n) is 16.8. The monoisotopic (exact) mass is 1180 g/mol. The molecule has 0 aromatic heterocycles. The lowest BCUT2D eigenvalue weighted by molar-refractivity contribution is -0.565. The van der Waals surface area contributed by atoms with E-state index in [4.69, 9.17) is 18.9 Å². The molecule has 0 aromatic carbocycles. The van der Waals surface area contributed by atoms with Crippen LogP contribution in [0.3, 0.4) is 0 Å². The lowest BCUT2D eigenvalue weighted by Crippen LogP contribution is -2.53. The molecule has 0 aliphatic rings. The van der Waals surface area contributed by atoms with Crippen molar-refractivity contribution in [3.8, 4) is 0 Å². The first kappa shape index (κ1) is 76.1. The summed E-state index contributed by atoms with van der Waals surface area (Å²) in [6, 6.07) is 0. The number of hydrogen-bond donors (Lipinski definition) is 2. The Kier molecular flexibility index (Phi) is 41.6. The Morgan fingerprint density at radius 3 is 1.18 bits per heavy atom. The van der Waals surface area contributed by atoms with Gasteiger partial charge in [0.15, 0.2) is 6.61 Å². The molecule has 0 spiro atoms. The zero-order chi connectivity index (χ0) is 60.9. The number of hydrogen-bond acceptors (Lipinski definition) is 19. The number of amides is 2. The van der Waals surface area contributed by atoms with Gasteiger partial charge in [-0.05, 0) is 71.1 Å². The predicted octanol–water partition coefficient (Wildman–Crippen LogP) is 10.6. The van der Waals surface area contributed by atoms with Gasteiger partial charge in [0, 0.05) is 57.8 Å². The molecule has 0 fully saturated rings. The number of carbonyl (C=O) groups is 8. The van der Waals surface area contributed by atoms with Crippen molar-refractivity contribution >= 4 is 48.0 Å². The van der Waals surface area contributed by atoms with Gasteiger partial charge in [-0.1, -0.05) is 64.5 Å². The number of esters is 6. The van der Waals surface area contributed by atoms with Crippen LogP contribution in [0, 0.1) is 0 Å². The van der Waals surface area contributed by atoms with Crippen LogP contribution in [0.5, 0.6) is 0 Å². The lowest BCUT2D eigenvalue weighted by Gasteiger charge is -2.31. The Balaban J connectivity index is 0. The number of unbranched alkanes of at least 4 members (excludes halogenated alkanes) is 14. The van der Waals surface area contributed by atoms with Crippen molar-refractivity contribution < 1.29 is 134 Å². The number of carbonyl (C=O) groups excluding carboxylic acids is 8. The Morgan fingerprint density at radius 1 is 0.412 bits per heavy atom. The largest absolute Gasteiger partial charge is 0.495 e. The van der Waals surface area contributed by atoms with Gasteiger partial charge in [-0.15, -0.1) is 8.78 Å². The normalized spacial score (nSPS) is 11.7. The van der Waals surface area contributed by atoms with Crippen LogP contribution in [0.15, 0.2) is 25.3 Å². The van der Waals surface area contributed by atoms with E-state index in [0.29, 0.717) is 90.3 Å². The summed E-state index contributed by atoms with van der Waals surface area (Å²) in [7, 11) is 0. The summed E-state index contributed by atoms with van der Waals surface area (Å²) in [5.41, 5.74) is 0. The van der Waals surface area contributed by atoms with Crippen molar-refractivity contribution in [1.82, 2.24) is 10.6 Å². The van der Waals surface area contributed by atoms with Crippen molar-refractivity contribution in [1.29, 1.82) is 0 Å². The van der Waals surface area contributed by atoms with Crippen LogP contribution in [-0.4, -0.2) is 132 Å². The van der Waals surface area contributed by atoms with E-state index in [9.17, 15) is 82.3 Å². The number of rotatable bonds is 46. The van der Waals surface area contributed by atoms with E-state index in [2.05, 4.69) is 56.9 Å². The molecule has 0 unspecified atom stereocenters. The molecule has 2 N–H and O–H groups in total. The Bertz CT molecular complexity index is 1830. The van der Waals surface area contributed by atoms with Crippen LogP contribution in [0.1, 0.15) is 155 Å². The van der Waals surface area contributed by atoms with E-state index in [0.717, 1.165) is 50.7 Å². The molecular formula is C49H74F10N2O19. The van der Waals surface area contributed by atoms with Crippen LogP contribution in [0.4, 0.5) is 53.5 Å². The number of alkyl halides is 10. The van der Waals surface area contributed by atoms with Crippen molar-refractivity contribution in [3.63, 3.8) is 0 Å². The molecule has 31 heteroatoms. The molecule has 0 radical (unpaired) electrons. The minimum Gasteiger partial charge on any atom is -0.466 e. The van der Waals surface area contributed by atoms with Gasteiger partial charge in [0.2, 0.25) is 13.6 Å². The highest BCUT2D eigenvalue weighted by Crippen LogP contribution is 2.44. The highest BCUT2D eigenvalue weighted by Gasteiger charge is 2.68. The first-order valence-electron chi connectivity index (χ1n) is 25.5. The minimum absolute atomic E-state index is 0.106. The summed E-state index contributed by atoms with van der Waals surface area (Å²) in [5.74, 6) is -4.06. The summed E-state index contributed by atoms with van der Waals surface area (Å²) in [4.78, 5) is 90.4. The summed E-state index contributed by atoms with van der Waals surface area (Å²) >= 11 is 0. The average molecular weight is 1190 g/mol. The Labute approximate surface area is 456 Å².